The van der Waals surface area contributed by atoms with Gasteiger partial charge in [0.15, 0.2) is 0 Å². The average molecular weight is 383 g/mol. The van der Waals surface area contributed by atoms with Crippen LogP contribution in [0.25, 0.3) is 0 Å². The van der Waals surface area contributed by atoms with Crippen molar-refractivity contribution in [2.45, 2.75) is 32.9 Å². The molecule has 0 aliphatic carbocycles. The molecule has 1 atom stereocenters. The predicted molar refractivity (Wildman–Crippen MR) is 96.9 cm³/mol. The minimum atomic E-state index is -0.375. The molecule has 0 saturated heterocycles. The van der Waals surface area contributed by atoms with Crippen molar-refractivity contribution in [1.29, 1.82) is 0 Å². The molecule has 2 rings (SSSR count). The van der Waals surface area contributed by atoms with E-state index < -0.39 is 0 Å². The van der Waals surface area contributed by atoms with Crippen molar-refractivity contribution >= 4 is 40.4 Å². The van der Waals surface area contributed by atoms with Crippen molar-refractivity contribution in [3.05, 3.63) is 39.3 Å². The first-order valence-corrected chi connectivity index (χ1v) is 8.93. The number of hydrogen-bond donors (Lipinski definition) is 2. The molecule has 7 nitrogen and oxygen atoms in total. The number of aromatic nitrogens is 2. The minimum absolute atomic E-state index is 0.0615. The summed E-state index contributed by atoms with van der Waals surface area (Å²) in [5.41, 5.74) is 0.576. The molecule has 0 unspecified atom stereocenters. The Morgan fingerprint density at radius 3 is 2.88 bits per heavy atom. The van der Waals surface area contributed by atoms with Gasteiger partial charge in [0.2, 0.25) is 10.9 Å². The molecule has 1 aromatic heterocycles. The molecule has 2 amide bonds. The maximum absolute atomic E-state index is 12.1. The summed E-state index contributed by atoms with van der Waals surface area (Å²) >= 11 is 6.99. The Labute approximate surface area is 154 Å². The summed E-state index contributed by atoms with van der Waals surface area (Å²) in [4.78, 5) is 23.7. The van der Waals surface area contributed by atoms with Gasteiger partial charge in [-0.3, -0.25) is 9.59 Å². The van der Waals surface area contributed by atoms with Crippen molar-refractivity contribution in [2.24, 2.45) is 0 Å². The van der Waals surface area contributed by atoms with Crippen LogP contribution in [0, 0.1) is 0 Å². The standard InChI is InChI=1S/C16H19ClN4O3S/c1-3-10(2)18-13(22)8-24-9-14-20-21-16(25-14)15(23)19-12-6-4-5-11(17)7-12/h4-7,10H,3,8-9H2,1-2H3,(H,18,22)(H,19,23)/t10-/m1/s1. The third kappa shape index (κ3) is 6.41. The number of amides is 2. The summed E-state index contributed by atoms with van der Waals surface area (Å²) < 4.78 is 5.30. The molecule has 2 aromatic rings. The van der Waals surface area contributed by atoms with Crippen LogP contribution in [-0.4, -0.2) is 34.7 Å². The molecule has 0 bridgehead atoms. The number of benzene rings is 1. The quantitative estimate of drug-likeness (QED) is 0.732. The predicted octanol–water partition coefficient (Wildman–Crippen LogP) is 2.88. The summed E-state index contributed by atoms with van der Waals surface area (Å²) in [7, 11) is 0. The highest BCUT2D eigenvalue weighted by Gasteiger charge is 2.14. The molecule has 0 aliphatic rings. The molecule has 1 heterocycles. The number of nitrogens with one attached hydrogen (secondary N) is 2. The Kier molecular flexibility index (Phi) is 7.30. The number of rotatable bonds is 8. The highest BCUT2D eigenvalue weighted by Crippen LogP contribution is 2.17. The second-order valence-corrected chi connectivity index (χ2v) is 6.83. The van der Waals surface area contributed by atoms with Gasteiger partial charge in [-0.05, 0) is 31.5 Å². The lowest BCUT2D eigenvalue weighted by molar-refractivity contribution is -0.126. The first-order valence-electron chi connectivity index (χ1n) is 7.74. The van der Waals surface area contributed by atoms with Gasteiger partial charge in [-0.15, -0.1) is 10.2 Å². The van der Waals surface area contributed by atoms with Crippen molar-refractivity contribution in [2.75, 3.05) is 11.9 Å². The molecule has 9 heteroatoms. The van der Waals surface area contributed by atoms with Crippen LogP contribution in [0.4, 0.5) is 5.69 Å². The number of anilines is 1. The second-order valence-electron chi connectivity index (χ2n) is 5.34. The Balaban J connectivity index is 1.81. The number of ether oxygens (including phenoxy) is 1. The SMILES string of the molecule is CC[C@@H](C)NC(=O)COCc1nnc(C(=O)Nc2cccc(Cl)c2)s1. The van der Waals surface area contributed by atoms with Crippen molar-refractivity contribution < 1.29 is 14.3 Å². The first kappa shape index (κ1) is 19.3. The van der Waals surface area contributed by atoms with Gasteiger partial charge < -0.3 is 15.4 Å². The maximum Gasteiger partial charge on any atom is 0.286 e. The van der Waals surface area contributed by atoms with Crippen LogP contribution in [0.5, 0.6) is 0 Å². The maximum atomic E-state index is 12.1. The molecule has 2 N–H and O–H groups in total. The molecule has 25 heavy (non-hydrogen) atoms. The van der Waals surface area contributed by atoms with Gasteiger partial charge in [-0.25, -0.2) is 0 Å². The Bertz CT molecular complexity index is 738. The first-order chi connectivity index (χ1) is 12.0. The lowest BCUT2D eigenvalue weighted by Gasteiger charge is -2.10. The number of carbonyl (C=O) groups excluding carboxylic acids is 2. The van der Waals surface area contributed by atoms with Gasteiger partial charge in [0.1, 0.15) is 18.2 Å². The van der Waals surface area contributed by atoms with E-state index in [4.69, 9.17) is 16.3 Å². The highest BCUT2D eigenvalue weighted by atomic mass is 35.5. The zero-order valence-electron chi connectivity index (χ0n) is 13.9. The fraction of sp³-hybridized carbons (Fsp3) is 0.375. The van der Waals surface area contributed by atoms with E-state index in [1.165, 1.54) is 0 Å². The van der Waals surface area contributed by atoms with Gasteiger partial charge in [-0.2, -0.15) is 0 Å². The number of nitrogens with zero attached hydrogens (tertiary/aromatic N) is 2. The summed E-state index contributed by atoms with van der Waals surface area (Å²) in [5, 5.41) is 14.5. The van der Waals surface area contributed by atoms with Gasteiger partial charge in [0.05, 0.1) is 0 Å². The molecule has 0 aliphatic heterocycles. The highest BCUT2D eigenvalue weighted by molar-refractivity contribution is 7.13. The fourth-order valence-electron chi connectivity index (χ4n) is 1.80. The van der Waals surface area contributed by atoms with Gasteiger partial charge in [-0.1, -0.05) is 35.9 Å². The van der Waals surface area contributed by atoms with Crippen molar-refractivity contribution in [1.82, 2.24) is 15.5 Å². The Hall–Kier alpha value is -2.03. The Morgan fingerprint density at radius 2 is 2.16 bits per heavy atom. The molecule has 0 saturated carbocycles. The summed E-state index contributed by atoms with van der Waals surface area (Å²) in [5.74, 6) is -0.557. The number of hydrogen-bond acceptors (Lipinski definition) is 6. The van der Waals surface area contributed by atoms with E-state index in [2.05, 4.69) is 20.8 Å². The molecule has 0 fully saturated rings. The van der Waals surface area contributed by atoms with Crippen LogP contribution in [0.3, 0.4) is 0 Å². The molecular weight excluding hydrogens is 364 g/mol. The van der Waals surface area contributed by atoms with E-state index in [1.54, 1.807) is 24.3 Å². The zero-order valence-corrected chi connectivity index (χ0v) is 15.5. The van der Waals surface area contributed by atoms with Crippen LogP contribution >= 0.6 is 22.9 Å². The molecule has 0 spiro atoms. The van der Waals surface area contributed by atoms with E-state index >= 15 is 0 Å². The lowest BCUT2D eigenvalue weighted by Crippen LogP contribution is -2.34. The van der Waals surface area contributed by atoms with Crippen LogP contribution in [-0.2, 0) is 16.1 Å². The number of halogens is 1. The lowest BCUT2D eigenvalue weighted by atomic mass is 10.2. The summed E-state index contributed by atoms with van der Waals surface area (Å²) in [6.07, 6.45) is 0.854. The third-order valence-electron chi connectivity index (χ3n) is 3.22. The van der Waals surface area contributed by atoms with E-state index in [-0.39, 0.29) is 36.1 Å². The second kappa shape index (κ2) is 9.45. The summed E-state index contributed by atoms with van der Waals surface area (Å²) in [6.45, 7) is 3.97. The van der Waals surface area contributed by atoms with Crippen LogP contribution < -0.4 is 10.6 Å². The van der Waals surface area contributed by atoms with Crippen LogP contribution in [0.2, 0.25) is 5.02 Å². The minimum Gasteiger partial charge on any atom is -0.364 e. The topological polar surface area (TPSA) is 93.2 Å². The normalized spacial score (nSPS) is 11.8. The monoisotopic (exact) mass is 382 g/mol. The third-order valence-corrected chi connectivity index (χ3v) is 4.35. The summed E-state index contributed by atoms with van der Waals surface area (Å²) in [6, 6.07) is 6.93. The van der Waals surface area contributed by atoms with Crippen molar-refractivity contribution in [3.8, 4) is 0 Å². The molecule has 134 valence electrons. The van der Waals surface area contributed by atoms with Gasteiger partial charge in [0, 0.05) is 16.8 Å². The fourth-order valence-corrected chi connectivity index (χ4v) is 2.67. The van der Waals surface area contributed by atoms with E-state index in [0.29, 0.717) is 15.7 Å². The zero-order chi connectivity index (χ0) is 18.2. The van der Waals surface area contributed by atoms with Crippen molar-refractivity contribution in [3.63, 3.8) is 0 Å². The largest absolute Gasteiger partial charge is 0.364 e. The van der Waals surface area contributed by atoms with Crippen LogP contribution in [0.15, 0.2) is 24.3 Å². The van der Waals surface area contributed by atoms with E-state index in [1.807, 2.05) is 13.8 Å². The van der Waals surface area contributed by atoms with Crippen LogP contribution in [0.1, 0.15) is 35.1 Å². The molecule has 1 aromatic carbocycles. The van der Waals surface area contributed by atoms with E-state index in [9.17, 15) is 9.59 Å². The average Bonchev–Trinajstić information content (AvgIpc) is 3.03. The molecule has 0 radical (unpaired) electrons. The van der Waals surface area contributed by atoms with E-state index in [0.717, 1.165) is 17.8 Å². The van der Waals surface area contributed by atoms with Gasteiger partial charge in [0.25, 0.3) is 5.91 Å². The Morgan fingerprint density at radius 1 is 1.36 bits per heavy atom. The van der Waals surface area contributed by atoms with Gasteiger partial charge >= 0.3 is 0 Å². The smallest absolute Gasteiger partial charge is 0.286 e. The number of carbonyl (C=O) groups is 2. The molecular formula is C16H19ClN4O3S.